The molecule has 2 fully saturated rings. The maximum atomic E-state index is 12.9. The summed E-state index contributed by atoms with van der Waals surface area (Å²) in [5.74, 6) is 12.6. The zero-order chi connectivity index (χ0) is 29.4. The summed E-state index contributed by atoms with van der Waals surface area (Å²) in [5.41, 5.74) is -1.64. The summed E-state index contributed by atoms with van der Waals surface area (Å²) in [6.07, 6.45) is 2.36. The van der Waals surface area contributed by atoms with Crippen LogP contribution in [0.15, 0.2) is 12.4 Å². The van der Waals surface area contributed by atoms with Crippen LogP contribution in [0.25, 0.3) is 0 Å². The number of carbonyl (C=O) groups excluding carboxylic acids is 2. The van der Waals surface area contributed by atoms with E-state index in [0.717, 1.165) is 3.57 Å². The lowest BCUT2D eigenvalue weighted by Crippen LogP contribution is -2.49. The molecule has 0 N–H and O–H groups in total. The number of halogens is 1. The molecule has 0 unspecified atom stereocenters. The molecule has 0 aliphatic carbocycles. The van der Waals surface area contributed by atoms with Crippen molar-refractivity contribution in [3.63, 3.8) is 0 Å². The molecule has 0 radical (unpaired) electrons. The third-order valence-corrected chi connectivity index (χ3v) is 6.94. The molecule has 2 atom stereocenters. The Morgan fingerprint density at radius 3 is 1.54 bits per heavy atom. The first-order valence-electron chi connectivity index (χ1n) is 12.8. The van der Waals surface area contributed by atoms with Crippen molar-refractivity contribution in [2.45, 2.75) is 104 Å². The SMILES string of the molecule is CC(C)(C)OC(=O)N1[C@@H](C#Cc2cncc(C#C[C@H]3COC(C)(C)N3C(=O)OC(C)(C)C)c2I)COC1(C)C. The van der Waals surface area contributed by atoms with Gasteiger partial charge in [0.25, 0.3) is 0 Å². The van der Waals surface area contributed by atoms with Crippen LogP contribution in [0.4, 0.5) is 9.59 Å². The zero-order valence-corrected chi connectivity index (χ0v) is 26.6. The molecule has 0 saturated carbocycles. The van der Waals surface area contributed by atoms with E-state index in [1.165, 1.54) is 9.80 Å². The van der Waals surface area contributed by atoms with Gasteiger partial charge in [-0.3, -0.25) is 14.8 Å². The third-order valence-electron chi connectivity index (χ3n) is 5.78. The third kappa shape index (κ3) is 7.77. The molecular weight excluding hydrogens is 613 g/mol. The first kappa shape index (κ1) is 31.0. The van der Waals surface area contributed by atoms with Crippen LogP contribution >= 0.6 is 22.6 Å². The first-order chi connectivity index (χ1) is 17.8. The quantitative estimate of drug-likeness (QED) is 0.284. The normalized spacial score (nSPS) is 21.9. The smallest absolute Gasteiger partial charge is 0.413 e. The largest absolute Gasteiger partial charge is 0.444 e. The monoisotopic (exact) mass is 651 g/mol. The summed E-state index contributed by atoms with van der Waals surface area (Å²) in [7, 11) is 0. The van der Waals surface area contributed by atoms with Crippen molar-refractivity contribution in [1.29, 1.82) is 0 Å². The average Bonchev–Trinajstić information content (AvgIpc) is 3.23. The van der Waals surface area contributed by atoms with E-state index in [-0.39, 0.29) is 13.2 Å². The highest BCUT2D eigenvalue weighted by Gasteiger charge is 2.46. The van der Waals surface area contributed by atoms with Gasteiger partial charge in [0.1, 0.15) is 34.7 Å². The van der Waals surface area contributed by atoms with Crippen LogP contribution in [-0.2, 0) is 18.9 Å². The Kier molecular flexibility index (Phi) is 8.86. The number of ether oxygens (including phenoxy) is 4. The molecule has 212 valence electrons. The number of carbonyl (C=O) groups is 2. The molecule has 2 saturated heterocycles. The Hall–Kier alpha value is -2.54. The van der Waals surface area contributed by atoms with Crippen molar-refractivity contribution in [3.05, 3.63) is 27.1 Å². The fraction of sp³-hybridized carbons (Fsp3) is 0.621. The molecule has 10 heteroatoms. The maximum Gasteiger partial charge on any atom is 0.413 e. The summed E-state index contributed by atoms with van der Waals surface area (Å²) in [6.45, 7) is 18.7. The molecular formula is C29H38IN3O6. The number of aromatic nitrogens is 1. The minimum atomic E-state index is -0.850. The topological polar surface area (TPSA) is 90.4 Å². The number of rotatable bonds is 0. The Morgan fingerprint density at radius 1 is 0.846 bits per heavy atom. The number of nitrogens with zero attached hydrogens (tertiary/aromatic N) is 3. The first-order valence-corrected chi connectivity index (χ1v) is 13.9. The average molecular weight is 652 g/mol. The van der Waals surface area contributed by atoms with Crippen LogP contribution in [-0.4, -0.2) is 74.9 Å². The van der Waals surface area contributed by atoms with Gasteiger partial charge < -0.3 is 18.9 Å². The van der Waals surface area contributed by atoms with E-state index in [4.69, 9.17) is 18.9 Å². The predicted octanol–water partition coefficient (Wildman–Crippen LogP) is 5.13. The Balaban J connectivity index is 1.85. The highest BCUT2D eigenvalue weighted by Crippen LogP contribution is 2.30. The van der Waals surface area contributed by atoms with Crippen LogP contribution in [0.2, 0.25) is 0 Å². The lowest BCUT2D eigenvalue weighted by atomic mass is 10.1. The van der Waals surface area contributed by atoms with Gasteiger partial charge in [0.05, 0.1) is 24.3 Å². The molecule has 2 aliphatic rings. The molecule has 9 nitrogen and oxygen atoms in total. The molecule has 3 rings (SSSR count). The Bertz CT molecular complexity index is 1150. The van der Waals surface area contributed by atoms with Gasteiger partial charge in [0, 0.05) is 16.0 Å². The number of pyridine rings is 1. The number of amides is 2. The molecule has 2 aliphatic heterocycles. The molecule has 1 aromatic rings. The van der Waals surface area contributed by atoms with Crippen molar-refractivity contribution in [1.82, 2.24) is 14.8 Å². The van der Waals surface area contributed by atoms with E-state index in [0.29, 0.717) is 11.1 Å². The summed E-state index contributed by atoms with van der Waals surface area (Å²) >= 11 is 2.18. The number of hydrogen-bond donors (Lipinski definition) is 0. The predicted molar refractivity (Wildman–Crippen MR) is 154 cm³/mol. The zero-order valence-electron chi connectivity index (χ0n) is 24.4. The van der Waals surface area contributed by atoms with Gasteiger partial charge in [-0.15, -0.1) is 0 Å². The second-order valence-electron chi connectivity index (χ2n) is 12.3. The molecule has 39 heavy (non-hydrogen) atoms. The molecule has 3 heterocycles. The van der Waals surface area contributed by atoms with Crippen LogP contribution < -0.4 is 0 Å². The molecule has 1 aromatic heterocycles. The second-order valence-corrected chi connectivity index (χ2v) is 13.4. The lowest BCUT2D eigenvalue weighted by molar-refractivity contribution is -0.0619. The lowest BCUT2D eigenvalue weighted by Gasteiger charge is -2.33. The van der Waals surface area contributed by atoms with Crippen molar-refractivity contribution >= 4 is 34.8 Å². The Morgan fingerprint density at radius 2 is 1.21 bits per heavy atom. The number of hydrogen-bond acceptors (Lipinski definition) is 7. The van der Waals surface area contributed by atoms with Gasteiger partial charge in [-0.1, -0.05) is 23.7 Å². The van der Waals surface area contributed by atoms with E-state index >= 15 is 0 Å². The van der Waals surface area contributed by atoms with Gasteiger partial charge in [-0.2, -0.15) is 0 Å². The van der Waals surface area contributed by atoms with Gasteiger partial charge in [0.2, 0.25) is 0 Å². The van der Waals surface area contributed by atoms with E-state index in [2.05, 4.69) is 51.3 Å². The van der Waals surface area contributed by atoms with Crippen molar-refractivity contribution in [3.8, 4) is 23.7 Å². The highest BCUT2D eigenvalue weighted by molar-refractivity contribution is 14.1. The van der Waals surface area contributed by atoms with Crippen LogP contribution in [0.1, 0.15) is 80.4 Å². The van der Waals surface area contributed by atoms with Crippen molar-refractivity contribution in [2.24, 2.45) is 0 Å². The molecule has 0 bridgehead atoms. The molecule has 0 spiro atoms. The van der Waals surface area contributed by atoms with E-state index in [1.54, 1.807) is 12.4 Å². The summed E-state index contributed by atoms with van der Waals surface area (Å²) < 4.78 is 23.7. The van der Waals surface area contributed by atoms with Gasteiger partial charge in [-0.25, -0.2) is 9.59 Å². The van der Waals surface area contributed by atoms with Crippen LogP contribution in [0.3, 0.4) is 0 Å². The van der Waals surface area contributed by atoms with Gasteiger partial charge in [-0.05, 0) is 91.8 Å². The van der Waals surface area contributed by atoms with Crippen LogP contribution in [0.5, 0.6) is 0 Å². The summed E-state index contributed by atoms with van der Waals surface area (Å²) in [5, 5.41) is 0. The molecule has 2 amide bonds. The van der Waals surface area contributed by atoms with E-state index in [1.807, 2.05) is 69.2 Å². The summed E-state index contributed by atoms with van der Waals surface area (Å²) in [6, 6.07) is -0.971. The fourth-order valence-electron chi connectivity index (χ4n) is 4.07. The standard InChI is InChI=1S/C29H38IN3O6/c1-26(2,3)38-24(34)32-21(17-36-28(32,7)8)13-11-19-15-31-16-20(23(19)30)12-14-22-18-37-29(9,10)33(22)25(35)39-27(4,5)6/h15-16,21-22H,17-18H2,1-10H3/t21-,22-/m0/s1. The highest BCUT2D eigenvalue weighted by atomic mass is 127. The van der Waals surface area contributed by atoms with Crippen molar-refractivity contribution < 1.29 is 28.5 Å². The van der Waals surface area contributed by atoms with Gasteiger partial charge >= 0.3 is 12.2 Å². The minimum Gasteiger partial charge on any atom is -0.444 e. The van der Waals surface area contributed by atoms with E-state index in [9.17, 15) is 9.59 Å². The molecule has 0 aromatic carbocycles. The fourth-order valence-corrected chi connectivity index (χ4v) is 4.62. The van der Waals surface area contributed by atoms with E-state index < -0.39 is 46.9 Å². The minimum absolute atomic E-state index is 0.265. The van der Waals surface area contributed by atoms with Gasteiger partial charge in [0.15, 0.2) is 0 Å². The second kappa shape index (κ2) is 11.1. The summed E-state index contributed by atoms with van der Waals surface area (Å²) in [4.78, 5) is 33.2. The maximum absolute atomic E-state index is 12.9. The van der Waals surface area contributed by atoms with Crippen molar-refractivity contribution in [2.75, 3.05) is 13.2 Å². The van der Waals surface area contributed by atoms with Crippen LogP contribution in [0, 0.1) is 27.3 Å². The Labute approximate surface area is 245 Å².